The second kappa shape index (κ2) is 4.15. The maximum atomic E-state index is 11.1. The minimum atomic E-state index is -0.456. The van der Waals surface area contributed by atoms with Crippen molar-refractivity contribution in [3.05, 3.63) is 26.3 Å². The lowest BCUT2D eigenvalue weighted by Gasteiger charge is -2.04. The first kappa shape index (κ1) is 10.6. The van der Waals surface area contributed by atoms with Crippen LogP contribution in [-0.4, -0.2) is 13.1 Å². The van der Waals surface area contributed by atoms with Crippen molar-refractivity contribution in [3.63, 3.8) is 0 Å². The summed E-state index contributed by atoms with van der Waals surface area (Å²) in [5, 5.41) is 0.310. The number of nitrogens with two attached hydrogens (primary N) is 1. The molecule has 1 aromatic carbocycles. The molecule has 0 aliphatic carbocycles. The maximum Gasteiger partial charge on any atom is 0.339 e. The molecule has 1 rings (SSSR count). The summed E-state index contributed by atoms with van der Waals surface area (Å²) in [7, 11) is 1.31. The number of carbonyl (C=O) groups is 1. The van der Waals surface area contributed by atoms with Crippen molar-refractivity contribution in [1.29, 1.82) is 0 Å². The van der Waals surface area contributed by atoms with Gasteiger partial charge in [0.25, 0.3) is 0 Å². The van der Waals surface area contributed by atoms with Crippen molar-refractivity contribution in [1.82, 2.24) is 0 Å². The minimum Gasteiger partial charge on any atom is -0.465 e. The van der Waals surface area contributed by atoms with Gasteiger partial charge in [-0.3, -0.25) is 0 Å². The van der Waals surface area contributed by atoms with E-state index in [1.54, 1.807) is 6.07 Å². The van der Waals surface area contributed by atoms with Gasteiger partial charge in [-0.05, 0) is 34.7 Å². The van der Waals surface area contributed by atoms with Crippen LogP contribution >= 0.6 is 34.2 Å². The first-order valence-electron chi connectivity index (χ1n) is 3.39. The molecule has 0 radical (unpaired) electrons. The van der Waals surface area contributed by atoms with E-state index >= 15 is 0 Å². The van der Waals surface area contributed by atoms with Crippen LogP contribution in [0.4, 0.5) is 5.69 Å². The predicted octanol–water partition coefficient (Wildman–Crippen LogP) is 2.31. The molecule has 0 bridgehead atoms. The average Bonchev–Trinajstić information content (AvgIpc) is 2.10. The Bertz CT molecular complexity index is 354. The highest BCUT2D eigenvalue weighted by Gasteiger charge is 2.12. The molecule has 3 nitrogen and oxygen atoms in total. The van der Waals surface area contributed by atoms with Crippen LogP contribution in [0, 0.1) is 3.57 Å². The molecule has 0 aromatic heterocycles. The standard InChI is InChI=1S/C8H7ClINO2/c1-13-8(12)4-2-6(10)7(11)3-5(4)9/h2-3H,11H2,1H3. The van der Waals surface area contributed by atoms with E-state index in [9.17, 15) is 4.79 Å². The van der Waals surface area contributed by atoms with Crippen LogP contribution in [0.3, 0.4) is 0 Å². The van der Waals surface area contributed by atoms with E-state index in [1.807, 2.05) is 22.6 Å². The van der Waals surface area contributed by atoms with Crippen molar-refractivity contribution in [2.75, 3.05) is 12.8 Å². The van der Waals surface area contributed by atoms with Crippen LogP contribution in [0.5, 0.6) is 0 Å². The third kappa shape index (κ3) is 2.25. The highest BCUT2D eigenvalue weighted by atomic mass is 127. The smallest absolute Gasteiger partial charge is 0.339 e. The fourth-order valence-electron chi connectivity index (χ4n) is 0.829. The number of hydrogen-bond donors (Lipinski definition) is 1. The van der Waals surface area contributed by atoms with Crippen molar-refractivity contribution in [2.24, 2.45) is 0 Å². The lowest BCUT2D eigenvalue weighted by atomic mass is 10.2. The number of nitrogen functional groups attached to an aromatic ring is 1. The van der Waals surface area contributed by atoms with Gasteiger partial charge in [0.05, 0.1) is 17.7 Å². The third-order valence-electron chi connectivity index (χ3n) is 1.49. The Hall–Kier alpha value is -0.490. The largest absolute Gasteiger partial charge is 0.465 e. The highest BCUT2D eigenvalue weighted by molar-refractivity contribution is 14.1. The lowest BCUT2D eigenvalue weighted by Crippen LogP contribution is -2.03. The summed E-state index contributed by atoms with van der Waals surface area (Å²) in [5.74, 6) is -0.456. The Balaban J connectivity index is 3.23. The van der Waals surface area contributed by atoms with Gasteiger partial charge in [0.2, 0.25) is 0 Å². The molecule has 0 fully saturated rings. The quantitative estimate of drug-likeness (QED) is 0.492. The van der Waals surface area contributed by atoms with E-state index in [2.05, 4.69) is 4.74 Å². The van der Waals surface area contributed by atoms with Gasteiger partial charge in [-0.2, -0.15) is 0 Å². The topological polar surface area (TPSA) is 52.3 Å². The molecule has 0 atom stereocenters. The molecule has 0 unspecified atom stereocenters. The molecule has 0 heterocycles. The monoisotopic (exact) mass is 311 g/mol. The van der Waals surface area contributed by atoms with Gasteiger partial charge in [0.1, 0.15) is 0 Å². The molecule has 0 saturated heterocycles. The highest BCUT2D eigenvalue weighted by Crippen LogP contribution is 2.24. The zero-order valence-electron chi connectivity index (χ0n) is 6.80. The molecular weight excluding hydrogens is 304 g/mol. The molecule has 0 spiro atoms. The second-order valence-electron chi connectivity index (χ2n) is 2.35. The van der Waals surface area contributed by atoms with E-state index in [4.69, 9.17) is 17.3 Å². The summed E-state index contributed by atoms with van der Waals surface area (Å²) < 4.78 is 5.32. The van der Waals surface area contributed by atoms with Gasteiger partial charge in [0, 0.05) is 9.26 Å². The fraction of sp³-hybridized carbons (Fsp3) is 0.125. The van der Waals surface area contributed by atoms with Crippen molar-refractivity contribution in [2.45, 2.75) is 0 Å². The number of anilines is 1. The van der Waals surface area contributed by atoms with Gasteiger partial charge in [-0.25, -0.2) is 4.79 Å². The summed E-state index contributed by atoms with van der Waals surface area (Å²) in [6.07, 6.45) is 0. The first-order chi connectivity index (χ1) is 6.06. The van der Waals surface area contributed by atoms with E-state index in [0.29, 0.717) is 16.3 Å². The predicted molar refractivity (Wildman–Crippen MR) is 59.9 cm³/mol. The van der Waals surface area contributed by atoms with E-state index in [1.165, 1.54) is 13.2 Å². The molecule has 1 aromatic rings. The summed E-state index contributed by atoms with van der Waals surface area (Å²) in [6.45, 7) is 0. The Morgan fingerprint density at radius 2 is 2.23 bits per heavy atom. The Labute approximate surface area is 94.3 Å². The second-order valence-corrected chi connectivity index (χ2v) is 3.91. The number of hydrogen-bond acceptors (Lipinski definition) is 3. The van der Waals surface area contributed by atoms with Crippen LogP contribution in [-0.2, 0) is 4.74 Å². The SMILES string of the molecule is COC(=O)c1cc(I)c(N)cc1Cl. The molecule has 2 N–H and O–H groups in total. The fourth-order valence-corrected chi connectivity index (χ4v) is 1.54. The van der Waals surface area contributed by atoms with Crippen molar-refractivity contribution in [3.8, 4) is 0 Å². The van der Waals surface area contributed by atoms with Crippen LogP contribution in [0.25, 0.3) is 0 Å². The normalized spacial score (nSPS) is 9.77. The summed E-state index contributed by atoms with van der Waals surface area (Å²) in [6, 6.07) is 3.14. The zero-order valence-corrected chi connectivity index (χ0v) is 9.72. The van der Waals surface area contributed by atoms with Gasteiger partial charge < -0.3 is 10.5 Å². The third-order valence-corrected chi connectivity index (χ3v) is 2.74. The van der Waals surface area contributed by atoms with Crippen LogP contribution in [0.2, 0.25) is 5.02 Å². The molecular formula is C8H7ClINO2. The first-order valence-corrected chi connectivity index (χ1v) is 4.84. The number of esters is 1. The molecule has 13 heavy (non-hydrogen) atoms. The van der Waals surface area contributed by atoms with Gasteiger partial charge in [0.15, 0.2) is 0 Å². The number of ether oxygens (including phenoxy) is 1. The van der Waals surface area contributed by atoms with Crippen LogP contribution < -0.4 is 5.73 Å². The van der Waals surface area contributed by atoms with E-state index < -0.39 is 5.97 Å². The molecule has 0 amide bonds. The number of benzene rings is 1. The molecule has 0 aliphatic heterocycles. The van der Waals surface area contributed by atoms with Crippen molar-refractivity contribution < 1.29 is 9.53 Å². The summed E-state index contributed by atoms with van der Waals surface area (Å²) in [4.78, 5) is 11.1. The summed E-state index contributed by atoms with van der Waals surface area (Å²) in [5.41, 5.74) is 6.48. The maximum absolute atomic E-state index is 11.1. The average molecular weight is 312 g/mol. The van der Waals surface area contributed by atoms with Crippen molar-refractivity contribution >= 4 is 45.8 Å². The Morgan fingerprint density at radius 1 is 1.62 bits per heavy atom. The zero-order chi connectivity index (χ0) is 10.0. The minimum absolute atomic E-state index is 0.310. The molecule has 5 heteroatoms. The Kier molecular flexibility index (Phi) is 3.38. The lowest BCUT2D eigenvalue weighted by molar-refractivity contribution is 0.0601. The number of rotatable bonds is 1. The summed E-state index contributed by atoms with van der Waals surface area (Å²) >= 11 is 7.82. The molecule has 70 valence electrons. The van der Waals surface area contributed by atoms with Crippen LogP contribution in [0.1, 0.15) is 10.4 Å². The number of halogens is 2. The molecule has 0 saturated carbocycles. The van der Waals surface area contributed by atoms with Crippen LogP contribution in [0.15, 0.2) is 12.1 Å². The van der Waals surface area contributed by atoms with E-state index in [-0.39, 0.29) is 0 Å². The molecule has 0 aliphatic rings. The van der Waals surface area contributed by atoms with Gasteiger partial charge in [-0.15, -0.1) is 0 Å². The Morgan fingerprint density at radius 3 is 2.77 bits per heavy atom. The van der Waals surface area contributed by atoms with E-state index in [0.717, 1.165) is 3.57 Å². The van der Waals surface area contributed by atoms with Gasteiger partial charge in [-0.1, -0.05) is 11.6 Å². The number of carbonyl (C=O) groups excluding carboxylic acids is 1. The van der Waals surface area contributed by atoms with Gasteiger partial charge >= 0.3 is 5.97 Å². The number of methoxy groups -OCH3 is 1.